The van der Waals surface area contributed by atoms with Gasteiger partial charge in [-0.15, -0.1) is 0 Å². The van der Waals surface area contributed by atoms with Gasteiger partial charge in [-0.25, -0.2) is 37.7 Å². The number of aromatic nitrogens is 6. The number of ether oxygens (including phenoxy) is 2. The van der Waals surface area contributed by atoms with Gasteiger partial charge in [-0.05, 0) is 176 Å². The predicted octanol–water partition coefficient (Wildman–Crippen LogP) is 15.3. The molecule has 4 aliphatic rings. The fraction of sp³-hybridized carbons (Fsp3) is 0.305. The van der Waals surface area contributed by atoms with E-state index in [0.29, 0.717) is 78.3 Å². The zero-order valence-electron chi connectivity index (χ0n) is 61.4. The number of carbonyl (C=O) groups excluding carboxylic acids is 6. The molecule has 6 aromatic heterocycles. The van der Waals surface area contributed by atoms with E-state index in [1.165, 1.54) is 49.2 Å². The van der Waals surface area contributed by atoms with Crippen molar-refractivity contribution >= 4 is 120 Å². The summed E-state index contributed by atoms with van der Waals surface area (Å²) in [6, 6.07) is 28.6. The van der Waals surface area contributed by atoms with Gasteiger partial charge in [-0.2, -0.15) is 0 Å². The van der Waals surface area contributed by atoms with E-state index in [9.17, 15) is 41.9 Å². The second-order valence-corrected chi connectivity index (χ2v) is 38.5. The van der Waals surface area contributed by atoms with E-state index in [1.807, 2.05) is 50.4 Å². The topological polar surface area (TPSA) is 237 Å². The first-order valence-electron chi connectivity index (χ1n) is 35.3. The smallest absolute Gasteiger partial charge is 0.347 e. The summed E-state index contributed by atoms with van der Waals surface area (Å²) in [7, 11) is -3.67. The number of benzene rings is 3. The third-order valence-electron chi connectivity index (χ3n) is 19.5. The number of nitrogens with zero attached hydrogens (tertiary/aromatic N) is 6. The molecule has 13 rings (SSSR count). The Morgan fingerprint density at radius 1 is 0.462 bits per heavy atom. The molecule has 10 heterocycles. The average Bonchev–Trinajstić information content (AvgIpc) is 1.64. The van der Waals surface area contributed by atoms with Gasteiger partial charge < -0.3 is 37.1 Å². The SMILES string of the molecule is C1CCOC1.CC(C)(C)[Si](C)(C)OCCCn1cc(C2=C(/C=C/c3ccc(F)cc3)C(=O)NC2=O)c2cccnc21.CC(C)(C)[Si](C)(C)OCCCn1cc(C2=C(/C=C/c3ccc(F)cc3)C(=O)OC2=O)c2cccnc21.O=C1NC(=O)C(c2cn(CCCO)c3ncccc23)=C1/C=C/c1ccc(F)cc1. The zero-order chi connectivity index (χ0) is 76.1. The highest BCUT2D eigenvalue weighted by atomic mass is 28.4. The number of fused-ring (bicyclic) bond motifs is 3. The number of aliphatic hydroxyl groups is 1. The van der Waals surface area contributed by atoms with Crippen molar-refractivity contribution in [3.05, 3.63) is 232 Å². The molecule has 0 bridgehead atoms. The van der Waals surface area contributed by atoms with Crippen LogP contribution in [-0.4, -0.2) is 119 Å². The Kier molecular flexibility index (Phi) is 25.3. The molecule has 552 valence electrons. The van der Waals surface area contributed by atoms with Crippen LogP contribution in [0.1, 0.15) is 107 Å². The Morgan fingerprint density at radius 2 is 0.802 bits per heavy atom. The van der Waals surface area contributed by atoms with Crippen LogP contribution in [0.5, 0.6) is 0 Å². The van der Waals surface area contributed by atoms with Crippen LogP contribution in [0, 0.1) is 17.5 Å². The molecule has 4 amide bonds. The molecule has 1 saturated heterocycles. The predicted molar refractivity (Wildman–Crippen MR) is 411 cm³/mol. The van der Waals surface area contributed by atoms with Crippen molar-refractivity contribution in [3.8, 4) is 0 Å². The number of hydrogen-bond acceptors (Lipinski definition) is 14. The molecular formula is C82H89F3N8O11Si2. The summed E-state index contributed by atoms with van der Waals surface area (Å²) in [5.74, 6) is -4.29. The minimum Gasteiger partial charge on any atom is -0.417 e. The van der Waals surface area contributed by atoms with E-state index in [-0.39, 0.29) is 62.0 Å². The maximum atomic E-state index is 13.2. The molecule has 0 radical (unpaired) electrons. The van der Waals surface area contributed by atoms with Crippen molar-refractivity contribution in [1.82, 2.24) is 39.3 Å². The van der Waals surface area contributed by atoms with Crippen molar-refractivity contribution in [1.29, 1.82) is 0 Å². The lowest BCUT2D eigenvalue weighted by atomic mass is 10.0. The number of halogens is 3. The molecular weight excluding hydrogens is 1390 g/mol. The van der Waals surface area contributed by atoms with Gasteiger partial charge in [0.15, 0.2) is 16.6 Å². The molecule has 0 saturated carbocycles. The number of aryl methyl sites for hydroxylation is 3. The van der Waals surface area contributed by atoms with E-state index in [2.05, 4.69) is 93.3 Å². The Morgan fingerprint density at radius 3 is 1.13 bits per heavy atom. The lowest BCUT2D eigenvalue weighted by molar-refractivity contribution is -0.150. The summed E-state index contributed by atoms with van der Waals surface area (Å²) < 4.78 is 68.0. The van der Waals surface area contributed by atoms with Crippen molar-refractivity contribution in [2.24, 2.45) is 0 Å². The maximum Gasteiger partial charge on any atom is 0.347 e. The third kappa shape index (κ3) is 18.8. The highest BCUT2D eigenvalue weighted by molar-refractivity contribution is 6.74. The van der Waals surface area contributed by atoms with Crippen LogP contribution < -0.4 is 10.6 Å². The number of hydrogen-bond donors (Lipinski definition) is 3. The number of nitrogens with one attached hydrogen (secondary N) is 2. The second-order valence-electron chi connectivity index (χ2n) is 28.9. The molecule has 0 spiro atoms. The molecule has 0 unspecified atom stereocenters. The highest BCUT2D eigenvalue weighted by Gasteiger charge is 2.39. The number of amides is 4. The minimum atomic E-state index is -1.84. The molecule has 3 aromatic carbocycles. The number of cyclic esters (lactones) is 2. The Labute approximate surface area is 616 Å². The molecule has 1 fully saturated rings. The van der Waals surface area contributed by atoms with Crippen molar-refractivity contribution in [3.63, 3.8) is 0 Å². The fourth-order valence-electron chi connectivity index (χ4n) is 11.6. The van der Waals surface area contributed by atoms with Gasteiger partial charge in [0.25, 0.3) is 23.6 Å². The molecule has 4 aliphatic heterocycles. The summed E-state index contributed by atoms with van der Waals surface area (Å²) in [4.78, 5) is 89.2. The summed E-state index contributed by atoms with van der Waals surface area (Å²) in [5, 5.41) is 16.5. The third-order valence-corrected chi connectivity index (χ3v) is 28.5. The summed E-state index contributed by atoms with van der Waals surface area (Å²) in [6.07, 6.45) is 25.0. The maximum absolute atomic E-state index is 13.2. The largest absolute Gasteiger partial charge is 0.417 e. The van der Waals surface area contributed by atoms with Gasteiger partial charge in [0, 0.05) is 123 Å². The molecule has 0 aliphatic carbocycles. The lowest BCUT2D eigenvalue weighted by Gasteiger charge is -2.36. The van der Waals surface area contributed by atoms with Gasteiger partial charge in [-0.1, -0.05) is 96.2 Å². The summed E-state index contributed by atoms with van der Waals surface area (Å²) >= 11 is 0. The average molecular weight is 1480 g/mol. The molecule has 19 nitrogen and oxygen atoms in total. The van der Waals surface area contributed by atoms with Crippen LogP contribution >= 0.6 is 0 Å². The Hall–Kier alpha value is -10.3. The van der Waals surface area contributed by atoms with E-state index in [0.717, 1.165) is 59.1 Å². The molecule has 3 N–H and O–H groups in total. The normalized spacial score (nSPS) is 15.2. The second kappa shape index (κ2) is 34.3. The number of pyridine rings is 3. The van der Waals surface area contributed by atoms with E-state index in [1.54, 1.807) is 110 Å². The fourth-order valence-corrected chi connectivity index (χ4v) is 13.8. The Bertz CT molecular complexity index is 4730. The molecule has 9 aromatic rings. The first-order chi connectivity index (χ1) is 50.5. The van der Waals surface area contributed by atoms with Crippen LogP contribution in [0.3, 0.4) is 0 Å². The highest BCUT2D eigenvalue weighted by Crippen LogP contribution is 2.40. The van der Waals surface area contributed by atoms with Crippen molar-refractivity contribution < 1.29 is 65.4 Å². The first-order valence-corrected chi connectivity index (χ1v) is 41.2. The van der Waals surface area contributed by atoms with E-state index < -0.39 is 52.2 Å². The van der Waals surface area contributed by atoms with E-state index in [4.69, 9.17) is 23.4 Å². The molecule has 0 atom stereocenters. The number of esters is 2. The van der Waals surface area contributed by atoms with Crippen molar-refractivity contribution in [2.75, 3.05) is 33.0 Å². The van der Waals surface area contributed by atoms with Gasteiger partial charge in [0.1, 0.15) is 34.4 Å². The Balaban J connectivity index is 0.000000165. The van der Waals surface area contributed by atoms with Crippen LogP contribution in [0.4, 0.5) is 13.2 Å². The van der Waals surface area contributed by atoms with E-state index >= 15 is 0 Å². The quantitative estimate of drug-likeness (QED) is 0.0188. The first kappa shape index (κ1) is 78.2. The zero-order valence-corrected chi connectivity index (χ0v) is 63.4. The summed E-state index contributed by atoms with van der Waals surface area (Å²) in [6.45, 7) is 27.4. The molecule has 106 heavy (non-hydrogen) atoms. The monoisotopic (exact) mass is 1470 g/mol. The number of rotatable bonds is 22. The van der Waals surface area contributed by atoms with Crippen molar-refractivity contribution in [2.45, 2.75) is 130 Å². The van der Waals surface area contributed by atoms with Gasteiger partial charge in [-0.3, -0.25) is 29.8 Å². The van der Waals surface area contributed by atoms with Gasteiger partial charge in [0.2, 0.25) is 0 Å². The van der Waals surface area contributed by atoms with Crippen LogP contribution in [0.25, 0.3) is 68.0 Å². The summed E-state index contributed by atoms with van der Waals surface area (Å²) in [5.41, 5.74) is 7.59. The number of imide groups is 2. The minimum absolute atomic E-state index is 0.0369. The lowest BCUT2D eigenvalue weighted by Crippen LogP contribution is -2.41. The standard InChI is InChI=1S/C28H32FN3O3Si.C28H31FN2O4Si.C22H18FN3O3.C4H8O/c1-28(2,3)36(4,5)35-17-7-16-32-18-23(21-8-6-15-30-25(21)32)24-22(26(33)31-27(24)34)14-11-19-9-12-20(29)13-10-19;1-28(2,3)36(4,5)34-17-7-16-31-18-23(21-8-6-15-30-25(21)31)24-22(26(32)35-27(24)33)14-11-19-9-12-20(29)13-10-19;23-15-7-4-14(5-8-15)6-9-17-19(22(29)25-21(17)28)18-13-26(11-2-12-27)20-16(18)3-1-10-24-20;1-2-4-5-3-1/h6,8-15,18H,7,16-17H2,1-5H3,(H,31,33,34);6,8-15,18H,7,16-17H2,1-5H3;1,3-10,13,27H,2,11-12H2,(H,25,28,29);1-4H2/b2*14-11+;9-6+;. The van der Waals surface area contributed by atoms with Gasteiger partial charge in [0.05, 0.1) is 33.4 Å². The van der Waals surface area contributed by atoms with Crippen LogP contribution in [-0.2, 0) is 66.7 Å². The number of carbonyl (C=O) groups is 6. The molecule has 24 heteroatoms. The van der Waals surface area contributed by atoms with Gasteiger partial charge >= 0.3 is 11.9 Å². The van der Waals surface area contributed by atoms with Crippen LogP contribution in [0.2, 0.25) is 36.3 Å². The van der Waals surface area contributed by atoms with Crippen LogP contribution in [0.15, 0.2) is 181 Å². The number of aliphatic hydroxyl groups excluding tert-OH is 1.